The quantitative estimate of drug-likeness (QED) is 0.607. The van der Waals surface area contributed by atoms with Gasteiger partial charge < -0.3 is 19.3 Å². The number of halogens is 2. The second-order valence-electron chi connectivity index (χ2n) is 6.73. The number of piperazine rings is 1. The highest BCUT2D eigenvalue weighted by Gasteiger charge is 2.29. The minimum Gasteiger partial charge on any atom is -0.496 e. The van der Waals surface area contributed by atoms with Crippen LogP contribution in [0.5, 0.6) is 5.75 Å². The lowest BCUT2D eigenvalue weighted by Gasteiger charge is -2.35. The number of carbonyl (C=O) groups is 2. The van der Waals surface area contributed by atoms with E-state index >= 15 is 0 Å². The first-order valence-corrected chi connectivity index (χ1v) is 9.38. The predicted octanol–water partition coefficient (Wildman–Crippen LogP) is 3.65. The first kappa shape index (κ1) is 20.1. The third-order valence-corrected chi connectivity index (χ3v) is 5.22. The zero-order valence-corrected chi connectivity index (χ0v) is 17.7. The molecule has 0 aliphatic carbocycles. The third kappa shape index (κ3) is 5.13. The normalized spacial score (nSPS) is 15.1. The molecule has 0 aromatic heterocycles. The molecule has 2 rings (SSSR count). The molecule has 2 amide bonds. The second-order valence-corrected chi connectivity index (χ2v) is 8.30. The van der Waals surface area contributed by atoms with Crippen LogP contribution >= 0.6 is 34.2 Å². The third-order valence-electron chi connectivity index (χ3n) is 3.69. The number of benzene rings is 1. The molecule has 0 unspecified atom stereocenters. The van der Waals surface area contributed by atoms with Crippen LogP contribution in [0.4, 0.5) is 4.79 Å². The molecule has 0 saturated carbocycles. The van der Waals surface area contributed by atoms with E-state index in [-0.39, 0.29) is 12.0 Å². The van der Waals surface area contributed by atoms with Gasteiger partial charge in [0.25, 0.3) is 5.91 Å². The van der Waals surface area contributed by atoms with E-state index in [1.807, 2.05) is 20.8 Å². The number of hydrogen-bond acceptors (Lipinski definition) is 4. The number of hydrogen-bond donors (Lipinski definition) is 0. The molecule has 1 fully saturated rings. The van der Waals surface area contributed by atoms with E-state index in [1.165, 1.54) is 7.11 Å². The molecule has 6 nitrogen and oxygen atoms in total. The Morgan fingerprint density at radius 1 is 1.12 bits per heavy atom. The molecule has 0 N–H and O–H groups in total. The summed E-state index contributed by atoms with van der Waals surface area (Å²) in [6.07, 6.45) is -0.349. The summed E-state index contributed by atoms with van der Waals surface area (Å²) in [7, 11) is 1.51. The lowest BCUT2D eigenvalue weighted by atomic mass is 10.1. The summed E-state index contributed by atoms with van der Waals surface area (Å²) in [5.41, 5.74) is -0.0563. The van der Waals surface area contributed by atoms with E-state index in [4.69, 9.17) is 21.1 Å². The number of nitrogens with zero attached hydrogens (tertiary/aromatic N) is 2. The Bertz CT molecular complexity index is 667. The van der Waals surface area contributed by atoms with Crippen LogP contribution in [0.15, 0.2) is 12.1 Å². The van der Waals surface area contributed by atoms with Gasteiger partial charge in [0.2, 0.25) is 0 Å². The van der Waals surface area contributed by atoms with Gasteiger partial charge >= 0.3 is 6.09 Å². The molecule has 1 heterocycles. The minimum atomic E-state index is -0.530. The van der Waals surface area contributed by atoms with Crippen molar-refractivity contribution in [2.45, 2.75) is 26.4 Å². The van der Waals surface area contributed by atoms with Gasteiger partial charge in [0.1, 0.15) is 11.4 Å². The number of ether oxygens (including phenoxy) is 2. The standard InChI is InChI=1S/C17H22ClIN2O4/c1-17(2,3)25-16(23)21-7-5-20(6-8-21)15(22)11-9-13(19)12(18)10-14(11)24-4/h9-10H,5-8H2,1-4H3. The summed E-state index contributed by atoms with van der Waals surface area (Å²) in [4.78, 5) is 28.3. The van der Waals surface area contributed by atoms with Crippen LogP contribution in [0.1, 0.15) is 31.1 Å². The van der Waals surface area contributed by atoms with Crippen LogP contribution in [-0.2, 0) is 4.74 Å². The molecule has 8 heteroatoms. The molecule has 0 atom stereocenters. The molecule has 0 radical (unpaired) electrons. The lowest BCUT2D eigenvalue weighted by molar-refractivity contribution is 0.0140. The SMILES string of the molecule is COc1cc(Cl)c(I)cc1C(=O)N1CCN(C(=O)OC(C)(C)C)CC1. The van der Waals surface area contributed by atoms with Crippen molar-refractivity contribution in [3.05, 3.63) is 26.3 Å². The zero-order chi connectivity index (χ0) is 18.8. The van der Waals surface area contributed by atoms with Crippen molar-refractivity contribution in [2.75, 3.05) is 33.3 Å². The highest BCUT2D eigenvalue weighted by Crippen LogP contribution is 2.29. The van der Waals surface area contributed by atoms with Crippen molar-refractivity contribution in [2.24, 2.45) is 0 Å². The summed E-state index contributed by atoms with van der Waals surface area (Å²) in [6, 6.07) is 3.37. The van der Waals surface area contributed by atoms with Gasteiger partial charge in [-0.15, -0.1) is 0 Å². The van der Waals surface area contributed by atoms with Gasteiger partial charge in [-0.05, 0) is 49.4 Å². The Balaban J connectivity index is 2.05. The molecular weight excluding hydrogens is 459 g/mol. The number of methoxy groups -OCH3 is 1. The average Bonchev–Trinajstić information content (AvgIpc) is 2.55. The van der Waals surface area contributed by atoms with E-state index in [2.05, 4.69) is 22.6 Å². The molecule has 25 heavy (non-hydrogen) atoms. The smallest absolute Gasteiger partial charge is 0.410 e. The Kier molecular flexibility index (Phi) is 6.42. The Labute approximate surface area is 166 Å². The molecule has 1 aromatic rings. The molecule has 1 aromatic carbocycles. The maximum Gasteiger partial charge on any atom is 0.410 e. The van der Waals surface area contributed by atoms with Gasteiger partial charge in [0.05, 0.1) is 17.7 Å². The van der Waals surface area contributed by atoms with Gasteiger partial charge in [-0.2, -0.15) is 0 Å². The van der Waals surface area contributed by atoms with Crippen molar-refractivity contribution in [3.8, 4) is 5.75 Å². The number of rotatable bonds is 2. The van der Waals surface area contributed by atoms with Gasteiger partial charge in [-0.1, -0.05) is 11.6 Å². The molecule has 0 spiro atoms. The summed E-state index contributed by atoms with van der Waals surface area (Å²) in [6.45, 7) is 7.26. The van der Waals surface area contributed by atoms with Crippen molar-refractivity contribution in [1.82, 2.24) is 9.80 Å². The van der Waals surface area contributed by atoms with Crippen LogP contribution in [0.3, 0.4) is 0 Å². The molecule has 138 valence electrons. The van der Waals surface area contributed by atoms with E-state index in [9.17, 15) is 9.59 Å². The lowest BCUT2D eigenvalue weighted by Crippen LogP contribution is -2.51. The average molecular weight is 481 g/mol. The van der Waals surface area contributed by atoms with Crippen LogP contribution in [0, 0.1) is 3.57 Å². The zero-order valence-electron chi connectivity index (χ0n) is 14.8. The predicted molar refractivity (Wildman–Crippen MR) is 104 cm³/mol. The second kappa shape index (κ2) is 7.99. The van der Waals surface area contributed by atoms with Gasteiger partial charge in [0.15, 0.2) is 0 Å². The van der Waals surface area contributed by atoms with E-state index in [1.54, 1.807) is 21.9 Å². The summed E-state index contributed by atoms with van der Waals surface area (Å²) in [5, 5.41) is 0.545. The Morgan fingerprint density at radius 3 is 2.20 bits per heavy atom. The fourth-order valence-corrected chi connectivity index (χ4v) is 3.07. The van der Waals surface area contributed by atoms with Crippen LogP contribution in [-0.4, -0.2) is 60.7 Å². The van der Waals surface area contributed by atoms with E-state index < -0.39 is 5.60 Å². The molecule has 1 aliphatic heterocycles. The molecular formula is C17H22ClIN2O4. The van der Waals surface area contributed by atoms with Crippen molar-refractivity contribution in [1.29, 1.82) is 0 Å². The van der Waals surface area contributed by atoms with Crippen LogP contribution in [0.2, 0.25) is 5.02 Å². The monoisotopic (exact) mass is 480 g/mol. The highest BCUT2D eigenvalue weighted by atomic mass is 127. The largest absolute Gasteiger partial charge is 0.496 e. The number of carbonyl (C=O) groups excluding carboxylic acids is 2. The summed E-state index contributed by atoms with van der Waals surface area (Å²) in [5.74, 6) is 0.320. The number of amides is 2. The first-order chi connectivity index (χ1) is 11.6. The van der Waals surface area contributed by atoms with Crippen molar-refractivity contribution < 1.29 is 19.1 Å². The Hall–Kier alpha value is -1.22. The van der Waals surface area contributed by atoms with E-state index in [0.29, 0.717) is 42.5 Å². The Morgan fingerprint density at radius 2 is 1.68 bits per heavy atom. The molecule has 1 saturated heterocycles. The topological polar surface area (TPSA) is 59.1 Å². The summed E-state index contributed by atoms with van der Waals surface area (Å²) >= 11 is 8.17. The van der Waals surface area contributed by atoms with Gasteiger partial charge in [0, 0.05) is 35.8 Å². The maximum atomic E-state index is 12.8. The molecule has 1 aliphatic rings. The van der Waals surface area contributed by atoms with Crippen molar-refractivity contribution in [3.63, 3.8) is 0 Å². The molecule has 0 bridgehead atoms. The van der Waals surface area contributed by atoms with Crippen LogP contribution < -0.4 is 4.74 Å². The van der Waals surface area contributed by atoms with Gasteiger partial charge in [-0.25, -0.2) is 4.79 Å². The fourth-order valence-electron chi connectivity index (χ4n) is 2.45. The van der Waals surface area contributed by atoms with Gasteiger partial charge in [-0.3, -0.25) is 4.79 Å². The first-order valence-electron chi connectivity index (χ1n) is 7.92. The summed E-state index contributed by atoms with van der Waals surface area (Å²) < 4.78 is 11.4. The van der Waals surface area contributed by atoms with E-state index in [0.717, 1.165) is 3.57 Å². The van der Waals surface area contributed by atoms with Crippen LogP contribution in [0.25, 0.3) is 0 Å². The highest BCUT2D eigenvalue weighted by molar-refractivity contribution is 14.1. The van der Waals surface area contributed by atoms with Crippen molar-refractivity contribution >= 4 is 46.2 Å². The minimum absolute atomic E-state index is 0.129. The fraction of sp³-hybridized carbons (Fsp3) is 0.529. The maximum absolute atomic E-state index is 12.8.